The number of rotatable bonds is 4. The molecule has 0 aromatic heterocycles. The Hall–Kier alpha value is -7.08. The van der Waals surface area contributed by atoms with Crippen LogP contribution in [0, 0.1) is 11.6 Å². The predicted octanol–water partition coefficient (Wildman–Crippen LogP) is 12.9. The van der Waals surface area contributed by atoms with Crippen LogP contribution in [-0.4, -0.2) is 13.4 Å². The summed E-state index contributed by atoms with van der Waals surface area (Å²) in [6, 6.07) is 63.8. The smallest absolute Gasteiger partial charge is 0.252 e. The molecule has 69 heavy (non-hydrogen) atoms. The van der Waals surface area contributed by atoms with Crippen LogP contribution in [0.5, 0.6) is 0 Å². The number of benzene rings is 9. The van der Waals surface area contributed by atoms with Crippen LogP contribution in [0.25, 0.3) is 33.4 Å². The monoisotopic (exact) mass is 912 g/mol. The van der Waals surface area contributed by atoms with Crippen LogP contribution in [-0.2, 0) is 10.8 Å². The molecule has 4 aliphatic heterocycles. The van der Waals surface area contributed by atoms with Crippen molar-refractivity contribution in [3.8, 4) is 33.4 Å². The first-order valence-electron chi connectivity index (χ1n) is 24.1. The summed E-state index contributed by atoms with van der Waals surface area (Å²) in [5, 5.41) is 0. The number of halogens is 2. The highest BCUT2D eigenvalue weighted by molar-refractivity contribution is 8.00. The topological polar surface area (TPSA) is 6.48 Å². The Balaban J connectivity index is 1.24. The third-order valence-electron chi connectivity index (χ3n) is 15.0. The molecular weight excluding hydrogens is 864 g/mol. The van der Waals surface area contributed by atoms with Crippen molar-refractivity contribution in [1.29, 1.82) is 0 Å². The molecule has 9 aromatic rings. The molecule has 0 unspecified atom stereocenters. The van der Waals surface area contributed by atoms with Crippen molar-refractivity contribution in [2.45, 2.75) is 62.2 Å². The van der Waals surface area contributed by atoms with Gasteiger partial charge in [0.25, 0.3) is 6.71 Å². The van der Waals surface area contributed by atoms with Gasteiger partial charge in [-0.25, -0.2) is 8.78 Å². The maximum Gasteiger partial charge on any atom is 0.252 e. The number of hydrogen-bond donors (Lipinski definition) is 0. The zero-order valence-corrected chi connectivity index (χ0v) is 40.4. The van der Waals surface area contributed by atoms with Crippen molar-refractivity contribution in [2.24, 2.45) is 0 Å². The van der Waals surface area contributed by atoms with Crippen molar-refractivity contribution >= 4 is 92.1 Å². The van der Waals surface area contributed by atoms with E-state index in [1.165, 1.54) is 40.3 Å². The molecule has 9 aromatic carbocycles. The average molecular weight is 913 g/mol. The van der Waals surface area contributed by atoms with Gasteiger partial charge in [-0.3, -0.25) is 0 Å². The van der Waals surface area contributed by atoms with E-state index in [0.717, 1.165) is 88.0 Å². The summed E-state index contributed by atoms with van der Waals surface area (Å²) in [7, 11) is 0. The van der Waals surface area contributed by atoms with E-state index in [2.05, 4.69) is 215 Å². The number of fused-ring (bicyclic) bond motifs is 10. The van der Waals surface area contributed by atoms with Gasteiger partial charge in [-0.1, -0.05) is 204 Å². The van der Waals surface area contributed by atoms with E-state index in [-0.39, 0.29) is 29.8 Å². The highest BCUT2D eigenvalue weighted by Crippen LogP contribution is 2.56. The van der Waals surface area contributed by atoms with Crippen LogP contribution < -0.4 is 42.6 Å². The number of anilines is 6. The minimum Gasteiger partial charge on any atom is -0.312 e. The molecule has 0 spiro atoms. The minimum atomic E-state index is -0.589. The third kappa shape index (κ3) is 6.18. The molecule has 4 heterocycles. The molecule has 0 radical (unpaired) electrons. The Kier molecular flexibility index (Phi) is 9.27. The second-order valence-corrected chi connectivity index (χ2v) is 22.1. The summed E-state index contributed by atoms with van der Waals surface area (Å²) in [6.45, 7) is 13.0. The first-order valence-corrected chi connectivity index (χ1v) is 24.9. The lowest BCUT2D eigenvalue weighted by molar-refractivity contribution is 0.589. The molecule has 7 heteroatoms. The summed E-state index contributed by atoms with van der Waals surface area (Å²) in [5.41, 5.74) is 20.0. The molecule has 0 saturated heterocycles. The number of para-hydroxylation sites is 4. The maximum absolute atomic E-state index is 17.4. The van der Waals surface area contributed by atoms with E-state index in [1.807, 2.05) is 0 Å². The van der Waals surface area contributed by atoms with Crippen molar-refractivity contribution in [3.05, 3.63) is 205 Å². The summed E-state index contributed by atoms with van der Waals surface area (Å²) < 4.78 is 34.9. The Labute approximate surface area is 408 Å². The Bertz CT molecular complexity index is 3500. The Morgan fingerprint density at radius 2 is 0.826 bits per heavy atom. The van der Waals surface area contributed by atoms with Crippen LogP contribution in [0.3, 0.4) is 0 Å². The highest BCUT2D eigenvalue weighted by atomic mass is 32.2. The molecule has 0 saturated carbocycles. The Morgan fingerprint density at radius 1 is 0.391 bits per heavy atom. The molecule has 0 atom stereocenters. The molecule has 13 rings (SSSR count). The summed E-state index contributed by atoms with van der Waals surface area (Å²) in [5.74, 6) is -1.18. The zero-order valence-electron chi connectivity index (χ0n) is 39.5. The quantitative estimate of drug-likeness (QED) is 0.162. The molecule has 332 valence electrons. The van der Waals surface area contributed by atoms with Crippen molar-refractivity contribution < 1.29 is 8.78 Å². The second kappa shape index (κ2) is 15.2. The lowest BCUT2D eigenvalue weighted by Gasteiger charge is -2.50. The Morgan fingerprint density at radius 3 is 1.33 bits per heavy atom. The lowest BCUT2D eigenvalue weighted by atomic mass is 9.29. The van der Waals surface area contributed by atoms with Crippen molar-refractivity contribution in [3.63, 3.8) is 0 Å². The van der Waals surface area contributed by atoms with Gasteiger partial charge in [0.1, 0.15) is 11.6 Å². The van der Waals surface area contributed by atoms with Gasteiger partial charge in [-0.05, 0) is 96.8 Å². The van der Waals surface area contributed by atoms with Crippen molar-refractivity contribution in [2.75, 3.05) is 9.80 Å². The maximum atomic E-state index is 17.4. The van der Waals surface area contributed by atoms with Crippen LogP contribution in [0.4, 0.5) is 42.9 Å². The molecule has 0 N–H and O–H groups in total. The first kappa shape index (κ1) is 42.1. The van der Waals surface area contributed by atoms with E-state index in [1.54, 1.807) is 11.8 Å². The summed E-state index contributed by atoms with van der Waals surface area (Å²) >= 11 is 1.65. The molecule has 0 amide bonds. The normalized spacial score (nSPS) is 13.9. The number of nitrogens with zero attached hydrogens (tertiary/aromatic N) is 2. The fourth-order valence-corrected chi connectivity index (χ4v) is 13.1. The fourth-order valence-electron chi connectivity index (χ4n) is 11.8. The van der Waals surface area contributed by atoms with E-state index in [9.17, 15) is 0 Å². The molecule has 0 fully saturated rings. The van der Waals surface area contributed by atoms with Gasteiger partial charge in [-0.2, -0.15) is 0 Å². The van der Waals surface area contributed by atoms with Gasteiger partial charge in [-0.15, -0.1) is 0 Å². The van der Waals surface area contributed by atoms with Crippen molar-refractivity contribution in [1.82, 2.24) is 0 Å². The van der Waals surface area contributed by atoms with E-state index >= 15 is 8.78 Å². The van der Waals surface area contributed by atoms with Gasteiger partial charge in [0.05, 0.1) is 16.9 Å². The zero-order chi connectivity index (χ0) is 47.1. The standard InChI is InChI=1S/C62H48B2F2N2S/c1-61(2,3)39-33-29-37(30-34-39)41-17-15-18-42(38-31-35-40(36-32-38)62(4,5)6)57(41)68-51-27-13-9-21-45(51)63-43-19-7-11-25-49(43)67-50-26-12-8-20-44(50)64-46-22-10-14-28-52(46)69-60-54(53-47(65)23-16-24-48(53)66)58(68)55(63)59(67)56(60)64/h7-36H,1-6H3. The summed E-state index contributed by atoms with van der Waals surface area (Å²) in [6.07, 6.45) is 0. The van der Waals surface area contributed by atoms with E-state index in [4.69, 9.17) is 0 Å². The molecule has 4 aliphatic rings. The third-order valence-corrected chi connectivity index (χ3v) is 16.2. The fraction of sp³-hybridized carbons (Fsp3) is 0.129. The van der Waals surface area contributed by atoms with E-state index < -0.39 is 11.6 Å². The van der Waals surface area contributed by atoms with Gasteiger partial charge in [0.2, 0.25) is 6.71 Å². The minimum absolute atomic E-state index is 0.0114. The van der Waals surface area contributed by atoms with Gasteiger partial charge in [0, 0.05) is 49.2 Å². The van der Waals surface area contributed by atoms with E-state index in [0.29, 0.717) is 5.56 Å². The SMILES string of the molecule is CC(C)(C)c1ccc(-c2cccc(-c3ccc(C(C)(C)C)cc3)c2N2c3ccccc3B3c4ccccc4N4c5ccccc5B5c6ccccc6Sc6c5c4c3c2c6-c2c(F)cccc2F)cc1. The van der Waals surface area contributed by atoms with Gasteiger partial charge in [0.15, 0.2) is 0 Å². The second-order valence-electron chi connectivity index (χ2n) is 21.0. The van der Waals surface area contributed by atoms with Crippen LogP contribution in [0.1, 0.15) is 52.7 Å². The van der Waals surface area contributed by atoms with Crippen LogP contribution in [0.2, 0.25) is 0 Å². The highest BCUT2D eigenvalue weighted by Gasteiger charge is 2.52. The van der Waals surface area contributed by atoms with Crippen LogP contribution in [0.15, 0.2) is 192 Å². The van der Waals surface area contributed by atoms with Gasteiger partial charge >= 0.3 is 0 Å². The van der Waals surface area contributed by atoms with Crippen LogP contribution >= 0.6 is 11.8 Å². The lowest BCUT2D eigenvalue weighted by Crippen LogP contribution is -2.68. The molecule has 0 aliphatic carbocycles. The molecule has 0 bridgehead atoms. The average Bonchev–Trinajstić information content (AvgIpc) is 3.35. The molecular formula is C62H48B2F2N2S. The van der Waals surface area contributed by atoms with Gasteiger partial charge < -0.3 is 9.80 Å². The predicted molar refractivity (Wildman–Crippen MR) is 289 cm³/mol. The first-order chi connectivity index (χ1) is 33.4. The largest absolute Gasteiger partial charge is 0.312 e. The summed E-state index contributed by atoms with van der Waals surface area (Å²) in [4.78, 5) is 6.84. The number of hydrogen-bond acceptors (Lipinski definition) is 3. The molecule has 2 nitrogen and oxygen atoms in total.